The number of aryl methyl sites for hydroxylation is 2. The number of aliphatic hydroxyl groups is 1. The van der Waals surface area contributed by atoms with Crippen molar-refractivity contribution in [2.24, 2.45) is 0 Å². The van der Waals surface area contributed by atoms with Gasteiger partial charge in [-0.15, -0.1) is 5.10 Å². The van der Waals surface area contributed by atoms with Gasteiger partial charge in [0.1, 0.15) is 5.69 Å². The predicted molar refractivity (Wildman–Crippen MR) is 72.1 cm³/mol. The molecule has 0 aliphatic rings. The van der Waals surface area contributed by atoms with Crippen LogP contribution in [-0.2, 0) is 13.0 Å². The first-order valence-electron chi connectivity index (χ1n) is 6.42. The van der Waals surface area contributed by atoms with Crippen molar-refractivity contribution in [3.8, 4) is 0 Å². The molecule has 0 bridgehead atoms. The Morgan fingerprint density at radius 3 is 2.90 bits per heavy atom. The molecule has 0 saturated heterocycles. The second kappa shape index (κ2) is 6.25. The summed E-state index contributed by atoms with van der Waals surface area (Å²) >= 11 is 0. The lowest BCUT2D eigenvalue weighted by atomic mass is 10.1. The summed E-state index contributed by atoms with van der Waals surface area (Å²) in [6.45, 7) is 2.34. The molecule has 7 nitrogen and oxygen atoms in total. The van der Waals surface area contributed by atoms with Gasteiger partial charge in [0.15, 0.2) is 0 Å². The SMILES string of the molecule is CCC(O)c1cn(CCc2ccccc2[N+](=O)[O-])nn1. The molecule has 0 spiro atoms. The fourth-order valence-electron chi connectivity index (χ4n) is 1.92. The van der Waals surface area contributed by atoms with Crippen molar-refractivity contribution in [2.45, 2.75) is 32.4 Å². The zero-order valence-corrected chi connectivity index (χ0v) is 11.1. The van der Waals surface area contributed by atoms with Crippen LogP contribution in [0, 0.1) is 10.1 Å². The van der Waals surface area contributed by atoms with Gasteiger partial charge >= 0.3 is 0 Å². The molecule has 1 aromatic carbocycles. The maximum atomic E-state index is 10.9. The molecule has 0 amide bonds. The minimum atomic E-state index is -0.616. The summed E-state index contributed by atoms with van der Waals surface area (Å²) in [7, 11) is 0. The van der Waals surface area contributed by atoms with Crippen LogP contribution >= 0.6 is 0 Å². The summed E-state index contributed by atoms with van der Waals surface area (Å²) in [5.41, 5.74) is 1.29. The summed E-state index contributed by atoms with van der Waals surface area (Å²) < 4.78 is 1.59. The predicted octanol–water partition coefficient (Wildman–Crippen LogP) is 1.87. The highest BCUT2D eigenvalue weighted by Gasteiger charge is 2.13. The van der Waals surface area contributed by atoms with E-state index in [2.05, 4.69) is 10.3 Å². The largest absolute Gasteiger partial charge is 0.387 e. The Morgan fingerprint density at radius 1 is 1.45 bits per heavy atom. The highest BCUT2D eigenvalue weighted by molar-refractivity contribution is 5.39. The zero-order chi connectivity index (χ0) is 14.5. The van der Waals surface area contributed by atoms with Gasteiger partial charge in [0, 0.05) is 18.2 Å². The molecule has 0 radical (unpaired) electrons. The number of hydrogen-bond donors (Lipinski definition) is 1. The number of para-hydroxylation sites is 1. The molecule has 0 fully saturated rings. The van der Waals surface area contributed by atoms with Crippen LogP contribution in [0.3, 0.4) is 0 Å². The lowest BCUT2D eigenvalue weighted by Gasteiger charge is -2.03. The van der Waals surface area contributed by atoms with Crippen LogP contribution in [0.5, 0.6) is 0 Å². The quantitative estimate of drug-likeness (QED) is 0.642. The number of nitro benzene ring substituents is 1. The van der Waals surface area contributed by atoms with Gasteiger partial charge in [-0.25, -0.2) is 0 Å². The number of benzene rings is 1. The van der Waals surface area contributed by atoms with Crippen molar-refractivity contribution in [1.82, 2.24) is 15.0 Å². The fourth-order valence-corrected chi connectivity index (χ4v) is 1.92. The number of rotatable bonds is 6. The number of aromatic nitrogens is 3. The maximum Gasteiger partial charge on any atom is 0.272 e. The van der Waals surface area contributed by atoms with Gasteiger partial charge < -0.3 is 5.11 Å². The van der Waals surface area contributed by atoms with Crippen LogP contribution in [0.15, 0.2) is 30.5 Å². The molecule has 0 aliphatic carbocycles. The molecule has 106 valence electrons. The Balaban J connectivity index is 2.06. The van der Waals surface area contributed by atoms with Crippen molar-refractivity contribution in [1.29, 1.82) is 0 Å². The molecule has 1 aromatic heterocycles. The van der Waals surface area contributed by atoms with Crippen molar-refractivity contribution < 1.29 is 10.0 Å². The Bertz CT molecular complexity index is 597. The summed E-state index contributed by atoms with van der Waals surface area (Å²) in [5.74, 6) is 0. The summed E-state index contributed by atoms with van der Waals surface area (Å²) in [5, 5.41) is 28.3. The maximum absolute atomic E-state index is 10.9. The first-order chi connectivity index (χ1) is 9.61. The molecule has 2 rings (SSSR count). The molecule has 0 saturated carbocycles. The number of hydrogen-bond acceptors (Lipinski definition) is 5. The second-order valence-electron chi connectivity index (χ2n) is 4.47. The van der Waals surface area contributed by atoms with E-state index in [0.717, 1.165) is 0 Å². The Kier molecular flexibility index (Phi) is 4.41. The molecular weight excluding hydrogens is 260 g/mol. The number of nitrogens with zero attached hydrogens (tertiary/aromatic N) is 4. The minimum absolute atomic E-state index is 0.112. The molecule has 7 heteroatoms. The molecule has 1 atom stereocenters. The summed E-state index contributed by atoms with van der Waals surface area (Å²) in [4.78, 5) is 10.5. The normalized spacial score (nSPS) is 12.3. The van der Waals surface area contributed by atoms with Gasteiger partial charge in [-0.1, -0.05) is 30.3 Å². The average Bonchev–Trinajstić information content (AvgIpc) is 2.93. The molecule has 1 unspecified atom stereocenters. The van der Waals surface area contributed by atoms with E-state index in [1.54, 1.807) is 29.1 Å². The van der Waals surface area contributed by atoms with Crippen molar-refractivity contribution in [3.63, 3.8) is 0 Å². The van der Waals surface area contributed by atoms with Crippen LogP contribution in [0.4, 0.5) is 5.69 Å². The van der Waals surface area contributed by atoms with Gasteiger partial charge in [-0.3, -0.25) is 14.8 Å². The Labute approximate surface area is 116 Å². The monoisotopic (exact) mass is 276 g/mol. The first-order valence-corrected chi connectivity index (χ1v) is 6.42. The molecule has 0 aliphatic heterocycles. The average molecular weight is 276 g/mol. The highest BCUT2D eigenvalue weighted by atomic mass is 16.6. The van der Waals surface area contributed by atoms with E-state index >= 15 is 0 Å². The van der Waals surface area contributed by atoms with Crippen LogP contribution in [-0.4, -0.2) is 25.0 Å². The molecule has 1 N–H and O–H groups in total. The smallest absolute Gasteiger partial charge is 0.272 e. The standard InChI is InChI=1S/C13H16N4O3/c1-2-13(18)11-9-16(15-14-11)8-7-10-5-3-4-6-12(10)17(19)20/h3-6,9,13,18H,2,7-8H2,1H3. The highest BCUT2D eigenvalue weighted by Crippen LogP contribution is 2.19. The third-order valence-corrected chi connectivity index (χ3v) is 3.08. The van der Waals surface area contributed by atoms with Gasteiger partial charge in [-0.05, 0) is 12.8 Å². The molecule has 2 aromatic rings. The van der Waals surface area contributed by atoms with Gasteiger partial charge in [0.25, 0.3) is 5.69 Å². The van der Waals surface area contributed by atoms with Crippen LogP contribution < -0.4 is 0 Å². The van der Waals surface area contributed by atoms with Crippen LogP contribution in [0.1, 0.15) is 30.7 Å². The molecule has 1 heterocycles. The van der Waals surface area contributed by atoms with Crippen molar-refractivity contribution >= 4 is 5.69 Å². The van der Waals surface area contributed by atoms with Crippen LogP contribution in [0.2, 0.25) is 0 Å². The third-order valence-electron chi connectivity index (χ3n) is 3.08. The summed E-state index contributed by atoms with van der Waals surface area (Å²) in [6, 6.07) is 6.64. The Hall–Kier alpha value is -2.28. The third kappa shape index (κ3) is 3.18. The summed E-state index contributed by atoms with van der Waals surface area (Å²) in [6.07, 6.45) is 2.11. The van der Waals surface area contributed by atoms with Crippen molar-refractivity contribution in [3.05, 3.63) is 51.8 Å². The first kappa shape index (κ1) is 14.1. The van der Waals surface area contributed by atoms with E-state index in [9.17, 15) is 15.2 Å². The molecular formula is C13H16N4O3. The number of aliphatic hydroxyl groups excluding tert-OH is 1. The van der Waals surface area contributed by atoms with E-state index in [4.69, 9.17) is 0 Å². The second-order valence-corrected chi connectivity index (χ2v) is 4.47. The van der Waals surface area contributed by atoms with Gasteiger partial charge in [-0.2, -0.15) is 0 Å². The lowest BCUT2D eigenvalue weighted by molar-refractivity contribution is -0.385. The number of nitro groups is 1. The van der Waals surface area contributed by atoms with Crippen molar-refractivity contribution in [2.75, 3.05) is 0 Å². The van der Waals surface area contributed by atoms with E-state index in [1.165, 1.54) is 6.07 Å². The Morgan fingerprint density at radius 2 is 2.20 bits per heavy atom. The zero-order valence-electron chi connectivity index (χ0n) is 11.1. The topological polar surface area (TPSA) is 94.1 Å². The van der Waals surface area contributed by atoms with Gasteiger partial charge in [0.05, 0.1) is 17.2 Å². The van der Waals surface area contributed by atoms with E-state index < -0.39 is 6.10 Å². The minimum Gasteiger partial charge on any atom is -0.387 e. The fraction of sp³-hybridized carbons (Fsp3) is 0.385. The van der Waals surface area contributed by atoms with Crippen LogP contribution in [0.25, 0.3) is 0 Å². The van der Waals surface area contributed by atoms with Gasteiger partial charge in [0.2, 0.25) is 0 Å². The van der Waals surface area contributed by atoms with E-state index in [0.29, 0.717) is 30.6 Å². The molecule has 20 heavy (non-hydrogen) atoms. The lowest BCUT2D eigenvalue weighted by Crippen LogP contribution is -2.04. The van der Waals surface area contributed by atoms with E-state index in [-0.39, 0.29) is 10.6 Å². The van der Waals surface area contributed by atoms with E-state index in [1.807, 2.05) is 6.92 Å².